The molecule has 4 nitrogen and oxygen atoms in total. The molecule has 0 heterocycles. The predicted molar refractivity (Wildman–Crippen MR) is 77.5 cm³/mol. The van der Waals surface area contributed by atoms with Crippen LogP contribution >= 0.6 is 0 Å². The average Bonchev–Trinajstić information content (AvgIpc) is 2.49. The Bertz CT molecular complexity index is 616. The van der Waals surface area contributed by atoms with Crippen LogP contribution in [0.15, 0.2) is 48.5 Å². The minimum Gasteiger partial charge on any atom is -0.508 e. The minimum atomic E-state index is -0.983. The second kappa shape index (κ2) is 6.74. The van der Waals surface area contributed by atoms with Gasteiger partial charge in [0.2, 0.25) is 0 Å². The van der Waals surface area contributed by atoms with Gasteiger partial charge in [-0.1, -0.05) is 18.2 Å². The zero-order chi connectivity index (χ0) is 15.2. The van der Waals surface area contributed by atoms with Gasteiger partial charge in [-0.3, -0.25) is 0 Å². The summed E-state index contributed by atoms with van der Waals surface area (Å²) >= 11 is 0. The molecule has 0 aromatic heterocycles. The van der Waals surface area contributed by atoms with Crippen LogP contribution < -0.4 is 5.32 Å². The van der Waals surface area contributed by atoms with Gasteiger partial charge in [0.15, 0.2) is 6.04 Å². The van der Waals surface area contributed by atoms with E-state index in [1.54, 1.807) is 31.2 Å². The summed E-state index contributed by atoms with van der Waals surface area (Å²) in [5.41, 5.74) is 0.802. The normalized spacial score (nSPS) is 11.7. The molecule has 1 unspecified atom stereocenters. The van der Waals surface area contributed by atoms with Crippen LogP contribution in [0.25, 0.3) is 0 Å². The van der Waals surface area contributed by atoms with Crippen molar-refractivity contribution >= 4 is 11.7 Å². The van der Waals surface area contributed by atoms with E-state index >= 15 is 0 Å². The highest BCUT2D eigenvalue weighted by Gasteiger charge is 2.25. The van der Waals surface area contributed by atoms with E-state index < -0.39 is 17.8 Å². The number of ether oxygens (including phenoxy) is 1. The van der Waals surface area contributed by atoms with Crippen LogP contribution in [0.4, 0.5) is 10.1 Å². The number of nitrogens with one attached hydrogen (secondary N) is 1. The zero-order valence-corrected chi connectivity index (χ0v) is 11.5. The molecular formula is C16H16FNO3. The lowest BCUT2D eigenvalue weighted by Crippen LogP contribution is -2.23. The molecule has 0 radical (unpaired) electrons. The highest BCUT2D eigenvalue weighted by atomic mass is 19.1. The lowest BCUT2D eigenvalue weighted by molar-refractivity contribution is -0.144. The number of aromatic hydroxyl groups is 1. The van der Waals surface area contributed by atoms with Crippen molar-refractivity contribution in [2.45, 2.75) is 13.0 Å². The summed E-state index contributed by atoms with van der Waals surface area (Å²) in [4.78, 5) is 12.1. The number of rotatable bonds is 5. The molecule has 0 saturated carbocycles. The van der Waals surface area contributed by atoms with Gasteiger partial charge in [-0.2, -0.15) is 0 Å². The number of benzene rings is 2. The van der Waals surface area contributed by atoms with E-state index in [1.165, 1.54) is 6.07 Å². The maximum Gasteiger partial charge on any atom is 0.333 e. The first-order valence-corrected chi connectivity index (χ1v) is 6.58. The van der Waals surface area contributed by atoms with Gasteiger partial charge in [-0.15, -0.1) is 0 Å². The first kappa shape index (κ1) is 14.8. The molecule has 110 valence electrons. The topological polar surface area (TPSA) is 58.6 Å². The van der Waals surface area contributed by atoms with Crippen molar-refractivity contribution in [1.82, 2.24) is 0 Å². The zero-order valence-electron chi connectivity index (χ0n) is 11.5. The van der Waals surface area contributed by atoms with Crippen molar-refractivity contribution in [3.63, 3.8) is 0 Å². The third kappa shape index (κ3) is 3.72. The Morgan fingerprint density at radius 3 is 2.67 bits per heavy atom. The Morgan fingerprint density at radius 2 is 2.00 bits per heavy atom. The molecule has 0 aliphatic heterocycles. The summed E-state index contributed by atoms with van der Waals surface area (Å²) in [6.45, 7) is 1.88. The molecule has 0 saturated heterocycles. The first-order valence-electron chi connectivity index (χ1n) is 6.58. The fraction of sp³-hybridized carbons (Fsp3) is 0.188. The number of carbonyl (C=O) groups is 1. The van der Waals surface area contributed by atoms with Crippen molar-refractivity contribution in [2.24, 2.45) is 0 Å². The third-order valence-corrected chi connectivity index (χ3v) is 2.91. The van der Waals surface area contributed by atoms with Gasteiger partial charge in [0.25, 0.3) is 0 Å². The van der Waals surface area contributed by atoms with E-state index in [2.05, 4.69) is 5.32 Å². The quantitative estimate of drug-likeness (QED) is 0.830. The van der Waals surface area contributed by atoms with Crippen LogP contribution in [0, 0.1) is 5.82 Å². The summed E-state index contributed by atoms with van der Waals surface area (Å²) in [7, 11) is 0. The molecule has 0 amide bonds. The first-order chi connectivity index (χ1) is 10.1. The SMILES string of the molecule is CCOC(=O)C(Nc1ccccc1)c1cc(F)ccc1O. The minimum absolute atomic E-state index is 0.136. The summed E-state index contributed by atoms with van der Waals surface area (Å²) in [5, 5.41) is 12.8. The Hall–Kier alpha value is -2.56. The lowest BCUT2D eigenvalue weighted by Gasteiger charge is -2.19. The lowest BCUT2D eigenvalue weighted by atomic mass is 10.0. The third-order valence-electron chi connectivity index (χ3n) is 2.91. The Labute approximate surface area is 122 Å². The van der Waals surface area contributed by atoms with Crippen LogP contribution in [-0.2, 0) is 9.53 Å². The van der Waals surface area contributed by atoms with E-state index in [0.717, 1.165) is 12.1 Å². The molecule has 1 atom stereocenters. The van der Waals surface area contributed by atoms with E-state index in [1.807, 2.05) is 6.07 Å². The number of phenols is 1. The standard InChI is InChI=1S/C16H16FNO3/c1-2-21-16(20)15(18-12-6-4-3-5-7-12)13-10-11(17)8-9-14(13)19/h3-10,15,18-19H,2H2,1H3. The van der Waals surface area contributed by atoms with Crippen molar-refractivity contribution in [3.05, 3.63) is 59.9 Å². The molecule has 2 rings (SSSR count). The van der Waals surface area contributed by atoms with Crippen molar-refractivity contribution in [2.75, 3.05) is 11.9 Å². The monoisotopic (exact) mass is 289 g/mol. The highest BCUT2D eigenvalue weighted by Crippen LogP contribution is 2.29. The average molecular weight is 289 g/mol. The molecule has 21 heavy (non-hydrogen) atoms. The summed E-state index contributed by atoms with van der Waals surface area (Å²) in [6, 6.07) is 11.4. The molecule has 0 fully saturated rings. The second-order valence-corrected chi connectivity index (χ2v) is 4.40. The molecule has 0 bridgehead atoms. The fourth-order valence-corrected chi connectivity index (χ4v) is 1.95. The molecular weight excluding hydrogens is 273 g/mol. The summed E-state index contributed by atoms with van der Waals surface area (Å²) in [6.07, 6.45) is 0. The number of hydrogen-bond donors (Lipinski definition) is 2. The van der Waals surface area contributed by atoms with E-state index in [-0.39, 0.29) is 17.9 Å². The molecule has 2 N–H and O–H groups in total. The smallest absolute Gasteiger partial charge is 0.333 e. The van der Waals surface area contributed by atoms with Crippen LogP contribution in [-0.4, -0.2) is 17.7 Å². The fourth-order valence-electron chi connectivity index (χ4n) is 1.95. The molecule has 2 aromatic rings. The van der Waals surface area contributed by atoms with Gasteiger partial charge in [0, 0.05) is 11.3 Å². The second-order valence-electron chi connectivity index (χ2n) is 4.40. The van der Waals surface area contributed by atoms with E-state index in [9.17, 15) is 14.3 Å². The number of anilines is 1. The van der Waals surface area contributed by atoms with Crippen LogP contribution in [0.3, 0.4) is 0 Å². The predicted octanol–water partition coefficient (Wildman–Crippen LogP) is 3.25. The maximum atomic E-state index is 13.4. The largest absolute Gasteiger partial charge is 0.508 e. The number of hydrogen-bond acceptors (Lipinski definition) is 4. The molecule has 0 aliphatic carbocycles. The van der Waals surface area contributed by atoms with Gasteiger partial charge in [0.05, 0.1) is 6.61 Å². The van der Waals surface area contributed by atoms with Gasteiger partial charge < -0.3 is 15.2 Å². The van der Waals surface area contributed by atoms with Gasteiger partial charge in [-0.05, 0) is 37.3 Å². The molecule has 2 aromatic carbocycles. The molecule has 5 heteroatoms. The van der Waals surface area contributed by atoms with Crippen LogP contribution in [0.1, 0.15) is 18.5 Å². The number of carbonyl (C=O) groups excluding carboxylic acids is 1. The number of para-hydroxylation sites is 1. The molecule has 0 spiro atoms. The Kier molecular flexibility index (Phi) is 4.77. The Morgan fingerprint density at radius 1 is 1.29 bits per heavy atom. The van der Waals surface area contributed by atoms with Gasteiger partial charge >= 0.3 is 5.97 Å². The maximum absolute atomic E-state index is 13.4. The van der Waals surface area contributed by atoms with E-state index in [0.29, 0.717) is 5.69 Å². The summed E-state index contributed by atoms with van der Waals surface area (Å²) in [5.74, 6) is -1.29. The Balaban J connectivity index is 2.36. The van der Waals surface area contributed by atoms with E-state index in [4.69, 9.17) is 4.74 Å². The van der Waals surface area contributed by atoms with Crippen molar-refractivity contribution < 1.29 is 19.0 Å². The number of phenolic OH excluding ortho intramolecular Hbond substituents is 1. The van der Waals surface area contributed by atoms with Crippen LogP contribution in [0.5, 0.6) is 5.75 Å². The number of halogens is 1. The van der Waals surface area contributed by atoms with Crippen molar-refractivity contribution in [1.29, 1.82) is 0 Å². The van der Waals surface area contributed by atoms with Crippen molar-refractivity contribution in [3.8, 4) is 5.75 Å². The van der Waals surface area contributed by atoms with Gasteiger partial charge in [0.1, 0.15) is 11.6 Å². The number of esters is 1. The van der Waals surface area contributed by atoms with Gasteiger partial charge in [-0.25, -0.2) is 9.18 Å². The molecule has 0 aliphatic rings. The highest BCUT2D eigenvalue weighted by molar-refractivity contribution is 5.82. The summed E-state index contributed by atoms with van der Waals surface area (Å²) < 4.78 is 18.4. The van der Waals surface area contributed by atoms with Crippen LogP contribution in [0.2, 0.25) is 0 Å².